The number of allylic oxidation sites excluding steroid dienone is 2. The second-order valence-electron chi connectivity index (χ2n) is 12.8. The van der Waals surface area contributed by atoms with Gasteiger partial charge in [-0.2, -0.15) is 0 Å². The number of phenolic OH excluding ortho intramolecular Hbond substituents is 2. The largest absolute Gasteiger partial charge is 0.504 e. The van der Waals surface area contributed by atoms with Gasteiger partial charge in [0.2, 0.25) is 0 Å². The van der Waals surface area contributed by atoms with Gasteiger partial charge in [-0.05, 0) is 76.5 Å². The number of rotatable bonds is 8. The quantitative estimate of drug-likeness (QED) is 0.153. The Morgan fingerprint density at radius 1 is 0.722 bits per heavy atom. The maximum atomic E-state index is 13.4. The number of anilines is 2. The highest BCUT2D eigenvalue weighted by Gasteiger charge is 2.47. The minimum Gasteiger partial charge on any atom is -0.504 e. The van der Waals surface area contributed by atoms with Gasteiger partial charge in [-0.3, -0.25) is 0 Å². The van der Waals surface area contributed by atoms with Crippen LogP contribution in [0.2, 0.25) is 10.0 Å². The molecular weight excluding hydrogens is 830 g/mol. The third-order valence-electron chi connectivity index (χ3n) is 9.07. The van der Waals surface area contributed by atoms with Crippen LogP contribution in [0.3, 0.4) is 0 Å². The Hall–Kier alpha value is -2.96. The van der Waals surface area contributed by atoms with Crippen LogP contribution < -0.4 is 21.3 Å². The zero-order valence-corrected chi connectivity index (χ0v) is 32.8. The number of nitrogens with one attached hydrogen (secondary N) is 4. The summed E-state index contributed by atoms with van der Waals surface area (Å²) < 4.78 is 106. The molecule has 2 aromatic carbocycles. The molecule has 2 saturated heterocycles. The number of hydrogen-bond donors (Lipinski definition) is 6. The van der Waals surface area contributed by atoms with Crippen molar-refractivity contribution in [3.63, 3.8) is 0 Å². The van der Waals surface area contributed by atoms with E-state index < -0.39 is 102 Å². The molecule has 0 saturated carbocycles. The lowest BCUT2D eigenvalue weighted by Gasteiger charge is -2.24. The molecule has 14 nitrogen and oxygen atoms in total. The van der Waals surface area contributed by atoms with Gasteiger partial charge in [0, 0.05) is 31.5 Å². The number of ether oxygens (including phenoxy) is 2. The Morgan fingerprint density at radius 3 is 1.41 bits per heavy atom. The molecule has 54 heavy (non-hydrogen) atoms. The number of urea groups is 2. The van der Waals surface area contributed by atoms with Crippen molar-refractivity contribution in [1.29, 1.82) is 0 Å². The molecule has 2 aromatic rings. The van der Waals surface area contributed by atoms with Crippen molar-refractivity contribution in [2.45, 2.75) is 83.6 Å². The minimum absolute atomic E-state index is 0.0635. The smallest absolute Gasteiger partial charge is 0.319 e. The summed E-state index contributed by atoms with van der Waals surface area (Å²) in [5, 5.41) is 31.4. The van der Waals surface area contributed by atoms with E-state index in [4.69, 9.17) is 64.1 Å². The van der Waals surface area contributed by atoms with Crippen LogP contribution in [0.1, 0.15) is 60.5 Å². The van der Waals surface area contributed by atoms with Crippen molar-refractivity contribution >= 4 is 89.5 Å². The predicted octanol–water partition coefficient (Wildman–Crippen LogP) is 6.81. The molecule has 0 bridgehead atoms. The highest BCUT2D eigenvalue weighted by atomic mass is 35.5. The van der Waals surface area contributed by atoms with Crippen LogP contribution in [0.15, 0.2) is 56.3 Å². The molecule has 2 aliphatic heterocycles. The highest BCUT2D eigenvalue weighted by molar-refractivity contribution is 7.93. The van der Waals surface area contributed by atoms with E-state index in [9.17, 15) is 36.6 Å². The number of aromatic hydroxyl groups is 2. The number of hydrogen-bond acceptors (Lipinski definition) is 10. The van der Waals surface area contributed by atoms with Crippen LogP contribution >= 0.6 is 46.4 Å². The maximum absolute atomic E-state index is 13.4. The van der Waals surface area contributed by atoms with E-state index in [1.807, 2.05) is 0 Å². The number of carbonyl (C=O) groups is 2. The Kier molecular flexibility index (Phi) is 10.6. The van der Waals surface area contributed by atoms with Gasteiger partial charge in [-0.25, -0.2) is 26.4 Å². The molecule has 0 radical (unpaired) electrons. The molecule has 296 valence electrons. The van der Waals surface area contributed by atoms with Crippen molar-refractivity contribution in [3.8, 4) is 11.5 Å². The van der Waals surface area contributed by atoms with E-state index in [2.05, 4.69) is 21.3 Å². The number of carbonyl (C=O) groups excluding carboxylic acids is 2. The molecular formula is C34H40Cl4N4O10S2. The first kappa shape index (κ1) is 34.3. The number of benzene rings is 2. The summed E-state index contributed by atoms with van der Waals surface area (Å²) in [7, 11) is -9.36. The van der Waals surface area contributed by atoms with Gasteiger partial charge in [0.05, 0.1) is 56.2 Å². The number of halogens is 4. The Bertz CT molecular complexity index is 2140. The van der Waals surface area contributed by atoms with Crippen LogP contribution in [-0.2, 0) is 29.1 Å². The van der Waals surface area contributed by atoms with Crippen molar-refractivity contribution < 1.29 is 54.3 Å². The van der Waals surface area contributed by atoms with Gasteiger partial charge in [0.1, 0.15) is 9.79 Å². The minimum atomic E-state index is -4.68. The monoisotopic (exact) mass is 874 g/mol. The molecule has 0 aromatic heterocycles. The molecule has 2 fully saturated rings. The van der Waals surface area contributed by atoms with Crippen LogP contribution in [-0.4, -0.2) is 87.1 Å². The number of phenols is 2. The van der Waals surface area contributed by atoms with E-state index in [0.29, 0.717) is 35.7 Å². The molecule has 2 aliphatic carbocycles. The summed E-state index contributed by atoms with van der Waals surface area (Å²) in [5.41, 5.74) is -0.485. The van der Waals surface area contributed by atoms with Crippen molar-refractivity contribution in [3.05, 3.63) is 56.5 Å². The third-order valence-corrected chi connectivity index (χ3v) is 15.4. The van der Waals surface area contributed by atoms with Crippen molar-refractivity contribution in [2.75, 3.05) is 37.1 Å². The van der Waals surface area contributed by atoms with Gasteiger partial charge in [-0.15, -0.1) is 0 Å². The van der Waals surface area contributed by atoms with Gasteiger partial charge in [0.15, 0.2) is 31.2 Å². The normalized spacial score (nSPS) is 27.4. The van der Waals surface area contributed by atoms with Gasteiger partial charge < -0.3 is 41.0 Å². The summed E-state index contributed by atoms with van der Waals surface area (Å²) in [6, 6.07) is 2.54. The molecule has 4 aliphatic rings. The molecule has 2 heterocycles. The fraction of sp³-hybridized carbons (Fsp3) is 0.471. The summed E-state index contributed by atoms with van der Waals surface area (Å²) in [6.45, 7) is -7.11. The van der Waals surface area contributed by atoms with E-state index in [1.165, 1.54) is 12.1 Å². The summed E-state index contributed by atoms with van der Waals surface area (Å²) >= 11 is 24.1. The van der Waals surface area contributed by atoms with Crippen molar-refractivity contribution in [1.82, 2.24) is 10.6 Å². The molecule has 20 heteroatoms. The zero-order valence-electron chi connectivity index (χ0n) is 34.2. The van der Waals surface area contributed by atoms with Crippen LogP contribution in [0, 0.1) is 0 Å². The molecule has 0 unspecified atom stereocenters. The zero-order chi connectivity index (χ0) is 44.6. The fourth-order valence-corrected chi connectivity index (χ4v) is 10.8. The first-order valence-corrected chi connectivity index (χ1v) is 20.8. The van der Waals surface area contributed by atoms with Crippen molar-refractivity contribution in [2.24, 2.45) is 0 Å². The predicted molar refractivity (Wildman–Crippen MR) is 207 cm³/mol. The SMILES string of the molecule is [2H]C([2H])([2H])[C@@]1(S(=O)(=O)c2c(Cl)ccc(NC(=O)N[C@@H]3CCC=C3Cl)c2O)CCOC1.[2H]C([2H])([2H])[C@]1(S(=O)(=O)c2c(Cl)ccc(NC(=O)N[C@@H]3CCC=C3Cl)c2O)CCOC1. The molecule has 6 rings (SSSR count). The van der Waals surface area contributed by atoms with Gasteiger partial charge in [-0.1, -0.05) is 58.6 Å². The van der Waals surface area contributed by atoms with Crippen LogP contribution in [0.4, 0.5) is 21.0 Å². The molecule has 6 N–H and O–H groups in total. The molecule has 4 atom stereocenters. The van der Waals surface area contributed by atoms with Gasteiger partial charge >= 0.3 is 12.1 Å². The van der Waals surface area contributed by atoms with E-state index in [1.54, 1.807) is 12.2 Å². The fourth-order valence-electron chi connectivity index (χ4n) is 5.96. The average Bonchev–Trinajstić information content (AvgIpc) is 3.97. The Morgan fingerprint density at radius 2 is 1.11 bits per heavy atom. The van der Waals surface area contributed by atoms with Gasteiger partial charge in [0.25, 0.3) is 0 Å². The van der Waals surface area contributed by atoms with E-state index >= 15 is 0 Å². The highest BCUT2D eigenvalue weighted by Crippen LogP contribution is 2.45. The van der Waals surface area contributed by atoms with Crippen LogP contribution in [0.5, 0.6) is 11.5 Å². The Balaban J connectivity index is 0.000000228. The van der Waals surface area contributed by atoms with E-state index in [-0.39, 0.29) is 47.5 Å². The number of amides is 4. The lowest BCUT2D eigenvalue weighted by Crippen LogP contribution is -2.37. The Labute approximate surface area is 341 Å². The summed E-state index contributed by atoms with van der Waals surface area (Å²) in [4.78, 5) is 23.0. The molecule has 0 spiro atoms. The topological polar surface area (TPSA) is 209 Å². The first-order valence-electron chi connectivity index (χ1n) is 19.3. The van der Waals surface area contributed by atoms with Crippen LogP contribution in [0.25, 0.3) is 0 Å². The first-order chi connectivity index (χ1) is 27.8. The molecule has 4 amide bonds. The summed E-state index contributed by atoms with van der Waals surface area (Å²) in [5.74, 6) is -1.69. The lowest BCUT2D eigenvalue weighted by molar-refractivity contribution is 0.191. The van der Waals surface area contributed by atoms with E-state index in [0.717, 1.165) is 12.1 Å². The number of sulfone groups is 2. The average molecular weight is 877 g/mol. The lowest BCUT2D eigenvalue weighted by atomic mass is 10.1. The third kappa shape index (κ3) is 8.55. The second kappa shape index (κ2) is 16.6. The second-order valence-corrected chi connectivity index (χ2v) is 18.9. The summed E-state index contributed by atoms with van der Waals surface area (Å²) in [6.07, 6.45) is 5.61. The maximum Gasteiger partial charge on any atom is 0.319 e. The standard InChI is InChI=1S/2C17H20Cl2N2O5S/c2*1-17(7-8-26-9-17)27(24,25)15-11(19)5-6-13(14(15)22)21-16(23)20-12-4-2-3-10(12)18/h2*3,5-6,12,22H,2,4,7-9H2,1H3,(H2,20,21,23)/t12-,17+;12-,17-/m11/s1/i2*1D3.